The van der Waals surface area contributed by atoms with Crippen LogP contribution in [0.3, 0.4) is 0 Å². The van der Waals surface area contributed by atoms with Crippen LogP contribution in [0, 0.1) is 0 Å². The lowest BCUT2D eigenvalue weighted by Gasteiger charge is -2.06. The molecule has 0 radical (unpaired) electrons. The van der Waals surface area contributed by atoms with E-state index in [1.807, 2.05) is 0 Å². The van der Waals surface area contributed by atoms with Crippen molar-refractivity contribution in [2.75, 3.05) is 0 Å². The number of halogens is 2. The molecule has 0 unspecified atom stereocenters. The van der Waals surface area contributed by atoms with Crippen LogP contribution < -0.4 is 10.9 Å². The van der Waals surface area contributed by atoms with Gasteiger partial charge in [0.15, 0.2) is 0 Å². The van der Waals surface area contributed by atoms with Crippen molar-refractivity contribution in [1.82, 2.24) is 15.8 Å². The quantitative estimate of drug-likeness (QED) is 0.406. The summed E-state index contributed by atoms with van der Waals surface area (Å²) in [5.74, 6) is -0.723. The van der Waals surface area contributed by atoms with Crippen molar-refractivity contribution in [3.8, 4) is 0 Å². The first-order chi connectivity index (χ1) is 15.3. The van der Waals surface area contributed by atoms with E-state index in [2.05, 4.69) is 26.0 Å². The summed E-state index contributed by atoms with van der Waals surface area (Å²) >= 11 is 11.7. The van der Waals surface area contributed by atoms with Crippen molar-refractivity contribution in [1.29, 1.82) is 0 Å². The Hall–Kier alpha value is -3.55. The normalized spacial score (nSPS) is 11.8. The van der Waals surface area contributed by atoms with Crippen LogP contribution in [0.25, 0.3) is 0 Å². The minimum atomic E-state index is -0.361. The summed E-state index contributed by atoms with van der Waals surface area (Å²) in [6.07, 6.45) is 0. The molecule has 1 heterocycles. The lowest BCUT2D eigenvalue weighted by Crippen LogP contribution is -2.20. The van der Waals surface area contributed by atoms with Crippen molar-refractivity contribution < 1.29 is 9.59 Å². The van der Waals surface area contributed by atoms with Gasteiger partial charge in [-0.15, -0.1) is 0 Å². The molecule has 0 aliphatic rings. The molecule has 0 atom stereocenters. The van der Waals surface area contributed by atoms with E-state index in [4.69, 9.17) is 23.2 Å². The first kappa shape index (κ1) is 23.1. The Morgan fingerprint density at radius 1 is 0.688 bits per heavy atom. The molecule has 9 heteroatoms. The fraction of sp³-hybridized carbons (Fsp3) is 0.0870. The van der Waals surface area contributed by atoms with Gasteiger partial charge in [-0.25, -0.2) is 15.8 Å². The Labute approximate surface area is 195 Å². The van der Waals surface area contributed by atoms with Gasteiger partial charge in [-0.05, 0) is 74.5 Å². The molecular formula is C23H19Cl2N5O2. The molecular weight excluding hydrogens is 449 g/mol. The maximum atomic E-state index is 12.2. The molecule has 0 saturated heterocycles. The standard InChI is InChI=1S/C23H19Cl2N5O2/c1-14(27-29-22(31)16-6-10-18(24)11-7-16)20-4-3-5-21(26-20)15(2)28-30-23(32)17-8-12-19(25)13-9-17/h3-13H,1-2H3,(H,29,31)(H,30,32)/b27-14+,28-15+. The van der Waals surface area contributed by atoms with Gasteiger partial charge < -0.3 is 0 Å². The number of benzene rings is 2. The summed E-state index contributed by atoms with van der Waals surface area (Å²) in [4.78, 5) is 28.9. The van der Waals surface area contributed by atoms with Crippen LogP contribution in [0.4, 0.5) is 0 Å². The van der Waals surface area contributed by atoms with E-state index >= 15 is 0 Å². The van der Waals surface area contributed by atoms with Crippen molar-refractivity contribution in [3.63, 3.8) is 0 Å². The second kappa shape index (κ2) is 10.7. The number of amides is 2. The topological polar surface area (TPSA) is 95.8 Å². The summed E-state index contributed by atoms with van der Waals surface area (Å²) in [6, 6.07) is 18.3. The monoisotopic (exact) mass is 467 g/mol. The Morgan fingerprint density at radius 3 is 1.44 bits per heavy atom. The van der Waals surface area contributed by atoms with Gasteiger partial charge in [0.25, 0.3) is 11.8 Å². The third-order valence-corrected chi connectivity index (χ3v) is 4.86. The van der Waals surface area contributed by atoms with E-state index in [0.717, 1.165) is 0 Å². The second-order valence-electron chi connectivity index (χ2n) is 6.70. The molecule has 162 valence electrons. The lowest BCUT2D eigenvalue weighted by molar-refractivity contribution is 0.0947. The summed E-state index contributed by atoms with van der Waals surface area (Å²) in [5.41, 5.74) is 7.99. The smallest absolute Gasteiger partial charge is 0.267 e. The Morgan fingerprint density at radius 2 is 1.06 bits per heavy atom. The van der Waals surface area contributed by atoms with Gasteiger partial charge >= 0.3 is 0 Å². The maximum Gasteiger partial charge on any atom is 0.271 e. The first-order valence-corrected chi connectivity index (χ1v) is 10.3. The first-order valence-electron chi connectivity index (χ1n) is 9.51. The molecule has 2 amide bonds. The Balaban J connectivity index is 1.67. The van der Waals surface area contributed by atoms with Crippen molar-refractivity contribution in [2.24, 2.45) is 10.2 Å². The van der Waals surface area contributed by atoms with Gasteiger partial charge in [0, 0.05) is 21.2 Å². The van der Waals surface area contributed by atoms with Gasteiger partial charge in [-0.3, -0.25) is 9.59 Å². The highest BCUT2D eigenvalue weighted by atomic mass is 35.5. The van der Waals surface area contributed by atoms with E-state index in [9.17, 15) is 9.59 Å². The summed E-state index contributed by atoms with van der Waals surface area (Å²) in [7, 11) is 0. The van der Waals surface area contributed by atoms with Crippen LogP contribution in [-0.4, -0.2) is 28.2 Å². The highest BCUT2D eigenvalue weighted by Gasteiger charge is 2.08. The Bertz CT molecular complexity index is 1100. The van der Waals surface area contributed by atoms with Gasteiger partial charge in [-0.1, -0.05) is 29.3 Å². The molecule has 3 aromatic rings. The van der Waals surface area contributed by atoms with E-state index in [1.165, 1.54) is 0 Å². The molecule has 0 spiro atoms. The molecule has 0 aliphatic heterocycles. The highest BCUT2D eigenvalue weighted by molar-refractivity contribution is 6.31. The molecule has 32 heavy (non-hydrogen) atoms. The molecule has 0 fully saturated rings. The minimum Gasteiger partial charge on any atom is -0.267 e. The fourth-order valence-corrected chi connectivity index (χ4v) is 2.81. The number of hydrogen-bond acceptors (Lipinski definition) is 5. The van der Waals surface area contributed by atoms with Crippen LogP contribution in [0.2, 0.25) is 10.0 Å². The van der Waals surface area contributed by atoms with Crippen molar-refractivity contribution in [2.45, 2.75) is 13.8 Å². The zero-order chi connectivity index (χ0) is 23.1. The van der Waals surface area contributed by atoms with Gasteiger partial charge in [0.2, 0.25) is 0 Å². The average molecular weight is 468 g/mol. The van der Waals surface area contributed by atoms with E-state index < -0.39 is 0 Å². The molecule has 2 aromatic carbocycles. The number of carbonyl (C=O) groups is 2. The molecule has 1 aromatic heterocycles. The number of aromatic nitrogens is 1. The number of pyridine rings is 1. The minimum absolute atomic E-state index is 0.361. The zero-order valence-electron chi connectivity index (χ0n) is 17.3. The highest BCUT2D eigenvalue weighted by Crippen LogP contribution is 2.10. The van der Waals surface area contributed by atoms with Gasteiger partial charge in [-0.2, -0.15) is 10.2 Å². The summed E-state index contributed by atoms with van der Waals surface area (Å²) in [6.45, 7) is 3.45. The molecule has 7 nitrogen and oxygen atoms in total. The largest absolute Gasteiger partial charge is 0.271 e. The average Bonchev–Trinajstić information content (AvgIpc) is 2.81. The third kappa shape index (κ3) is 6.23. The van der Waals surface area contributed by atoms with Crippen LogP contribution >= 0.6 is 23.2 Å². The number of nitrogens with zero attached hydrogens (tertiary/aromatic N) is 3. The van der Waals surface area contributed by atoms with Gasteiger partial charge in [0.05, 0.1) is 22.8 Å². The molecule has 2 N–H and O–H groups in total. The van der Waals surface area contributed by atoms with E-state index in [1.54, 1.807) is 80.6 Å². The number of nitrogens with one attached hydrogen (secondary N) is 2. The van der Waals surface area contributed by atoms with Crippen LogP contribution in [0.15, 0.2) is 76.9 Å². The summed E-state index contributed by atoms with van der Waals surface area (Å²) in [5, 5.41) is 9.32. The zero-order valence-corrected chi connectivity index (χ0v) is 18.8. The number of hydrogen-bond donors (Lipinski definition) is 2. The number of carbonyl (C=O) groups excluding carboxylic acids is 2. The molecule has 0 saturated carbocycles. The molecule has 0 aliphatic carbocycles. The maximum absolute atomic E-state index is 12.2. The van der Waals surface area contributed by atoms with Crippen LogP contribution in [-0.2, 0) is 0 Å². The van der Waals surface area contributed by atoms with Crippen LogP contribution in [0.1, 0.15) is 46.0 Å². The third-order valence-electron chi connectivity index (χ3n) is 4.35. The van der Waals surface area contributed by atoms with Gasteiger partial charge in [0.1, 0.15) is 0 Å². The van der Waals surface area contributed by atoms with Crippen LogP contribution in [0.5, 0.6) is 0 Å². The predicted octanol–water partition coefficient (Wildman–Crippen LogP) is 4.70. The molecule has 3 rings (SSSR count). The fourth-order valence-electron chi connectivity index (χ4n) is 2.55. The van der Waals surface area contributed by atoms with E-state index in [0.29, 0.717) is 44.0 Å². The van der Waals surface area contributed by atoms with E-state index in [-0.39, 0.29) is 11.8 Å². The number of rotatable bonds is 6. The Kier molecular flexibility index (Phi) is 7.70. The van der Waals surface area contributed by atoms with Crippen molar-refractivity contribution >= 4 is 46.4 Å². The number of hydrazone groups is 2. The predicted molar refractivity (Wildman–Crippen MR) is 126 cm³/mol. The SMILES string of the molecule is C/C(=N\NC(=O)c1ccc(Cl)cc1)c1cccc(/C(C)=N/NC(=O)c2ccc(Cl)cc2)n1. The second-order valence-corrected chi connectivity index (χ2v) is 7.57. The molecule has 0 bridgehead atoms. The lowest BCUT2D eigenvalue weighted by atomic mass is 10.2. The van der Waals surface area contributed by atoms with Crippen molar-refractivity contribution in [3.05, 3.63) is 99.3 Å². The summed E-state index contributed by atoms with van der Waals surface area (Å²) < 4.78 is 0.